The summed E-state index contributed by atoms with van der Waals surface area (Å²) in [6, 6.07) is 2.34. The fourth-order valence-electron chi connectivity index (χ4n) is 4.32. The number of nitrogens with zero attached hydrogens (tertiary/aromatic N) is 4. The number of aliphatic imine (C=N–C) groups is 1. The molecule has 3 atom stereocenters. The van der Waals surface area contributed by atoms with Crippen molar-refractivity contribution in [2.45, 2.75) is 51.1 Å². The summed E-state index contributed by atoms with van der Waals surface area (Å²) in [6.45, 7) is 2.10. The average molecular weight is 443 g/mol. The Hall–Kier alpha value is -3.11. The number of anilines is 1. The van der Waals surface area contributed by atoms with Gasteiger partial charge in [-0.2, -0.15) is 0 Å². The van der Waals surface area contributed by atoms with Gasteiger partial charge in [-0.25, -0.2) is 14.4 Å². The molecule has 0 saturated heterocycles. The lowest BCUT2D eigenvalue weighted by molar-refractivity contribution is -0.123. The van der Waals surface area contributed by atoms with Gasteiger partial charge in [0.1, 0.15) is 29.4 Å². The maximum Gasteiger partial charge on any atom is 0.272 e. The molecule has 1 aromatic carbocycles. The number of ether oxygens (including phenoxy) is 1. The van der Waals surface area contributed by atoms with Crippen molar-refractivity contribution < 1.29 is 24.1 Å². The molecule has 3 N–H and O–H groups in total. The molecule has 0 spiro atoms. The van der Waals surface area contributed by atoms with Gasteiger partial charge >= 0.3 is 0 Å². The van der Waals surface area contributed by atoms with E-state index in [1.54, 1.807) is 14.0 Å². The lowest BCUT2D eigenvalue weighted by atomic mass is 10.1. The SMILES string of the molecule is COc1c(C)cc(F)cc1CN(C)C(=O)C1=NCc2ncnc(N[C@H]3CC[C@@H](O)[C@H]3O)c21. The zero-order chi connectivity index (χ0) is 23.0. The third kappa shape index (κ3) is 4.03. The van der Waals surface area contributed by atoms with Gasteiger partial charge in [-0.05, 0) is 37.5 Å². The lowest BCUT2D eigenvalue weighted by Crippen LogP contribution is -2.36. The number of hydrogen-bond acceptors (Lipinski definition) is 8. The molecule has 1 fully saturated rings. The molecule has 0 bridgehead atoms. The van der Waals surface area contributed by atoms with Crippen LogP contribution >= 0.6 is 0 Å². The Balaban J connectivity index is 1.57. The number of hydrogen-bond donors (Lipinski definition) is 3. The van der Waals surface area contributed by atoms with Gasteiger partial charge in [0.25, 0.3) is 5.91 Å². The smallest absolute Gasteiger partial charge is 0.272 e. The second-order valence-corrected chi connectivity index (χ2v) is 8.17. The number of fused-ring (bicyclic) bond motifs is 1. The van der Waals surface area contributed by atoms with E-state index in [2.05, 4.69) is 20.3 Å². The Morgan fingerprint density at radius 2 is 2.09 bits per heavy atom. The molecule has 1 aliphatic carbocycles. The number of halogens is 1. The molecule has 10 heteroatoms. The highest BCUT2D eigenvalue weighted by molar-refractivity contribution is 6.47. The first-order valence-corrected chi connectivity index (χ1v) is 10.4. The number of methoxy groups -OCH3 is 1. The molecule has 2 aliphatic rings. The first kappa shape index (κ1) is 22.1. The molecule has 1 aromatic heterocycles. The van der Waals surface area contributed by atoms with Gasteiger partial charge < -0.3 is 25.2 Å². The van der Waals surface area contributed by atoms with Crippen LogP contribution in [0.5, 0.6) is 5.75 Å². The maximum atomic E-state index is 14.0. The Morgan fingerprint density at radius 3 is 2.78 bits per heavy atom. The third-order valence-electron chi connectivity index (χ3n) is 5.93. The summed E-state index contributed by atoms with van der Waals surface area (Å²) in [4.78, 5) is 27.6. The normalized spacial score (nSPS) is 21.8. The molecule has 170 valence electrons. The van der Waals surface area contributed by atoms with Gasteiger partial charge in [-0.1, -0.05) is 0 Å². The van der Waals surface area contributed by atoms with E-state index < -0.39 is 24.1 Å². The maximum absolute atomic E-state index is 14.0. The van der Waals surface area contributed by atoms with Crippen LogP contribution < -0.4 is 10.1 Å². The van der Waals surface area contributed by atoms with Crippen LogP contribution in [0.4, 0.5) is 10.2 Å². The van der Waals surface area contributed by atoms with Crippen molar-refractivity contribution in [3.63, 3.8) is 0 Å². The predicted octanol–water partition coefficient (Wildman–Crippen LogP) is 1.19. The highest BCUT2D eigenvalue weighted by Gasteiger charge is 2.36. The zero-order valence-corrected chi connectivity index (χ0v) is 18.2. The van der Waals surface area contributed by atoms with E-state index in [4.69, 9.17) is 4.74 Å². The van der Waals surface area contributed by atoms with Gasteiger partial charge in [-0.15, -0.1) is 0 Å². The van der Waals surface area contributed by atoms with Crippen LogP contribution in [0.1, 0.15) is 35.2 Å². The zero-order valence-electron chi connectivity index (χ0n) is 18.2. The van der Waals surface area contributed by atoms with Gasteiger partial charge in [-0.3, -0.25) is 9.79 Å². The summed E-state index contributed by atoms with van der Waals surface area (Å²) in [5.74, 6) is 0.155. The van der Waals surface area contributed by atoms with Crippen LogP contribution in [0.15, 0.2) is 23.5 Å². The lowest BCUT2D eigenvalue weighted by Gasteiger charge is -2.22. The van der Waals surface area contributed by atoms with E-state index in [1.807, 2.05) is 0 Å². The molecule has 1 saturated carbocycles. The average Bonchev–Trinajstić information content (AvgIpc) is 3.32. The van der Waals surface area contributed by atoms with Crippen LogP contribution in [0.3, 0.4) is 0 Å². The monoisotopic (exact) mass is 443 g/mol. The molecule has 9 nitrogen and oxygen atoms in total. The Morgan fingerprint density at radius 1 is 1.31 bits per heavy atom. The fraction of sp³-hybridized carbons (Fsp3) is 0.455. The Labute approximate surface area is 185 Å². The molecular formula is C22H26FN5O4. The quantitative estimate of drug-likeness (QED) is 0.613. The summed E-state index contributed by atoms with van der Waals surface area (Å²) in [5, 5.41) is 23.2. The van der Waals surface area contributed by atoms with Crippen LogP contribution in [0, 0.1) is 12.7 Å². The van der Waals surface area contributed by atoms with Crippen molar-refractivity contribution in [2.75, 3.05) is 19.5 Å². The van der Waals surface area contributed by atoms with Crippen LogP contribution in [-0.2, 0) is 17.9 Å². The number of carbonyl (C=O) groups excluding carboxylic acids is 1. The first-order valence-electron chi connectivity index (χ1n) is 10.4. The molecule has 4 rings (SSSR count). The van der Waals surface area contributed by atoms with E-state index in [1.165, 1.54) is 30.5 Å². The number of aliphatic hydroxyl groups is 2. The second-order valence-electron chi connectivity index (χ2n) is 8.17. The molecule has 0 unspecified atom stereocenters. The molecule has 2 heterocycles. The van der Waals surface area contributed by atoms with E-state index in [0.717, 1.165) is 0 Å². The minimum absolute atomic E-state index is 0.124. The minimum atomic E-state index is -0.926. The number of nitrogens with one attached hydrogen (secondary N) is 1. The van der Waals surface area contributed by atoms with E-state index in [-0.39, 0.29) is 24.7 Å². The standard InChI is InChI=1S/C22H26FN5O4/c1-11-6-13(23)7-12(20(11)32-3)9-28(2)22(31)18-17-15(8-24-18)25-10-26-21(17)27-14-4-5-16(29)19(14)30/h6-7,10,14,16,19,29-30H,4-5,8-9H2,1-3H3,(H,25,26,27)/t14-,16+,19-/m0/s1. The number of carbonyl (C=O) groups is 1. The summed E-state index contributed by atoms with van der Waals surface area (Å²) in [6.07, 6.45) is 0.702. The summed E-state index contributed by atoms with van der Waals surface area (Å²) >= 11 is 0. The molecule has 0 radical (unpaired) electrons. The van der Waals surface area contributed by atoms with Gasteiger partial charge in [0.05, 0.1) is 43.2 Å². The molecule has 2 aromatic rings. The number of aryl methyl sites for hydroxylation is 1. The van der Waals surface area contributed by atoms with Gasteiger partial charge in [0, 0.05) is 19.2 Å². The molecule has 1 aliphatic heterocycles. The van der Waals surface area contributed by atoms with Crippen molar-refractivity contribution in [1.29, 1.82) is 0 Å². The molecule has 32 heavy (non-hydrogen) atoms. The van der Waals surface area contributed by atoms with E-state index in [0.29, 0.717) is 46.8 Å². The predicted molar refractivity (Wildman–Crippen MR) is 115 cm³/mol. The van der Waals surface area contributed by atoms with E-state index >= 15 is 0 Å². The first-order chi connectivity index (χ1) is 15.3. The van der Waals surface area contributed by atoms with Crippen molar-refractivity contribution in [3.8, 4) is 5.75 Å². The molecule has 1 amide bonds. The molecular weight excluding hydrogens is 417 g/mol. The highest BCUT2D eigenvalue weighted by atomic mass is 19.1. The fourth-order valence-corrected chi connectivity index (χ4v) is 4.32. The third-order valence-corrected chi connectivity index (χ3v) is 5.93. The largest absolute Gasteiger partial charge is 0.496 e. The summed E-state index contributed by atoms with van der Waals surface area (Å²) in [7, 11) is 3.11. The Bertz CT molecular complexity index is 1080. The highest BCUT2D eigenvalue weighted by Crippen LogP contribution is 2.30. The van der Waals surface area contributed by atoms with Crippen LogP contribution in [0.25, 0.3) is 0 Å². The van der Waals surface area contributed by atoms with Gasteiger partial charge in [0.15, 0.2) is 0 Å². The van der Waals surface area contributed by atoms with Crippen molar-refractivity contribution in [1.82, 2.24) is 14.9 Å². The van der Waals surface area contributed by atoms with Crippen LogP contribution in [0.2, 0.25) is 0 Å². The van der Waals surface area contributed by atoms with Crippen LogP contribution in [-0.4, -0.2) is 69.1 Å². The van der Waals surface area contributed by atoms with Crippen molar-refractivity contribution >= 4 is 17.4 Å². The number of amides is 1. The van der Waals surface area contributed by atoms with Gasteiger partial charge in [0.2, 0.25) is 0 Å². The number of aromatic nitrogens is 2. The summed E-state index contributed by atoms with van der Waals surface area (Å²) in [5.41, 5.74) is 2.48. The van der Waals surface area contributed by atoms with Crippen molar-refractivity contribution in [2.24, 2.45) is 4.99 Å². The number of benzene rings is 1. The Kier molecular flexibility index (Phi) is 6.07. The number of rotatable bonds is 6. The second kappa shape index (κ2) is 8.79. The summed E-state index contributed by atoms with van der Waals surface area (Å²) < 4.78 is 19.4. The number of aliphatic hydroxyl groups excluding tert-OH is 2. The van der Waals surface area contributed by atoms with E-state index in [9.17, 15) is 19.4 Å². The van der Waals surface area contributed by atoms with Crippen molar-refractivity contribution in [3.05, 3.63) is 46.7 Å². The number of likely N-dealkylation sites (N-methyl/N-ethyl adjacent to an activating group) is 1. The minimum Gasteiger partial charge on any atom is -0.496 e. The topological polar surface area (TPSA) is 120 Å².